The van der Waals surface area contributed by atoms with E-state index in [1.54, 1.807) is 32.0 Å². The van der Waals surface area contributed by atoms with Gasteiger partial charge < -0.3 is 30.2 Å². The maximum absolute atomic E-state index is 13.1. The number of aryl methyl sites for hydroxylation is 1. The number of rotatable bonds is 10. The third kappa shape index (κ3) is 6.41. The number of nitrogens with two attached hydrogens (primary N) is 1. The molecule has 4 N–H and O–H groups in total. The third-order valence-corrected chi connectivity index (χ3v) is 7.14. The Morgan fingerprint density at radius 3 is 2.59 bits per heavy atom. The smallest absolute Gasteiger partial charge is 0.163 e. The standard InChI is InChI=1S/C31H38N2O6/c1-19-6-8-21(9-7-19)28-29-23(30(3,32)14-15-38-29)17-27(33-28)31(4,36)13-12-24(35)22-10-11-25(26(16-22)37-5)39-18-20(2)34/h6-11,16-17,20,34,36H,12-15,18,32H2,1-5H3. The van der Waals surface area contributed by atoms with Gasteiger partial charge in [0.25, 0.3) is 0 Å². The highest BCUT2D eigenvalue weighted by Gasteiger charge is 2.36. The molecule has 0 aliphatic carbocycles. The lowest BCUT2D eigenvalue weighted by Crippen LogP contribution is -2.39. The lowest BCUT2D eigenvalue weighted by Gasteiger charge is -2.35. The van der Waals surface area contributed by atoms with Crippen molar-refractivity contribution in [1.29, 1.82) is 0 Å². The van der Waals surface area contributed by atoms with Crippen molar-refractivity contribution in [3.05, 3.63) is 70.9 Å². The number of methoxy groups -OCH3 is 1. The zero-order valence-electron chi connectivity index (χ0n) is 23.3. The van der Waals surface area contributed by atoms with E-state index in [-0.39, 0.29) is 25.2 Å². The Bertz CT molecular complexity index is 1330. The fraction of sp³-hybridized carbons (Fsp3) is 0.419. The van der Waals surface area contributed by atoms with Crippen molar-refractivity contribution in [3.8, 4) is 28.5 Å². The van der Waals surface area contributed by atoms with E-state index in [4.69, 9.17) is 24.9 Å². The van der Waals surface area contributed by atoms with Gasteiger partial charge in [-0.3, -0.25) is 4.79 Å². The Morgan fingerprint density at radius 2 is 1.92 bits per heavy atom. The number of benzene rings is 2. The van der Waals surface area contributed by atoms with Crippen molar-refractivity contribution >= 4 is 5.78 Å². The molecule has 0 amide bonds. The SMILES string of the molecule is COc1cc(C(=O)CCC(C)(O)c2cc3c(c(-c4ccc(C)cc4)n2)OCCC3(C)N)ccc1OCC(C)O. The van der Waals surface area contributed by atoms with Gasteiger partial charge in [0.1, 0.15) is 17.9 Å². The number of Topliss-reactive ketones (excluding diaryl/α,β-unsaturated/α-hetero) is 1. The van der Waals surface area contributed by atoms with Crippen molar-refractivity contribution in [2.75, 3.05) is 20.3 Å². The largest absolute Gasteiger partial charge is 0.493 e. The molecule has 1 aliphatic rings. The minimum Gasteiger partial charge on any atom is -0.493 e. The lowest BCUT2D eigenvalue weighted by atomic mass is 9.83. The summed E-state index contributed by atoms with van der Waals surface area (Å²) in [4.78, 5) is 18.0. The zero-order chi connectivity index (χ0) is 28.4. The van der Waals surface area contributed by atoms with E-state index in [1.807, 2.05) is 44.2 Å². The summed E-state index contributed by atoms with van der Waals surface area (Å²) in [6, 6.07) is 14.7. The normalized spacial score (nSPS) is 18.9. The van der Waals surface area contributed by atoms with Crippen LogP contribution in [-0.2, 0) is 11.1 Å². The van der Waals surface area contributed by atoms with Gasteiger partial charge in [0.2, 0.25) is 0 Å². The molecule has 3 aromatic rings. The van der Waals surface area contributed by atoms with Crippen LogP contribution in [0.15, 0.2) is 48.5 Å². The van der Waals surface area contributed by atoms with Crippen LogP contribution in [0.5, 0.6) is 17.2 Å². The summed E-state index contributed by atoms with van der Waals surface area (Å²) >= 11 is 0. The number of hydrogen-bond donors (Lipinski definition) is 3. The number of aromatic nitrogens is 1. The van der Waals surface area contributed by atoms with Crippen LogP contribution < -0.4 is 19.9 Å². The molecule has 2 aromatic carbocycles. The van der Waals surface area contributed by atoms with Gasteiger partial charge in [-0.15, -0.1) is 0 Å². The van der Waals surface area contributed by atoms with Crippen molar-refractivity contribution in [2.45, 2.75) is 64.2 Å². The Hall–Kier alpha value is -3.46. The van der Waals surface area contributed by atoms with Gasteiger partial charge in [-0.1, -0.05) is 29.8 Å². The average Bonchev–Trinajstić information content (AvgIpc) is 2.90. The molecule has 4 rings (SSSR count). The van der Waals surface area contributed by atoms with E-state index in [0.29, 0.717) is 47.2 Å². The number of fused-ring (bicyclic) bond motifs is 1. The topological polar surface area (TPSA) is 124 Å². The fourth-order valence-corrected chi connectivity index (χ4v) is 4.59. The van der Waals surface area contributed by atoms with Gasteiger partial charge >= 0.3 is 0 Å². The van der Waals surface area contributed by atoms with E-state index >= 15 is 0 Å². The second-order valence-electron chi connectivity index (χ2n) is 10.8. The molecule has 0 bridgehead atoms. The van der Waals surface area contributed by atoms with E-state index < -0.39 is 17.2 Å². The number of ketones is 1. The van der Waals surface area contributed by atoms with Gasteiger partial charge in [-0.05, 0) is 58.4 Å². The van der Waals surface area contributed by atoms with Crippen molar-refractivity contribution in [1.82, 2.24) is 4.98 Å². The quantitative estimate of drug-likeness (QED) is 0.321. The zero-order valence-corrected chi connectivity index (χ0v) is 23.3. The lowest BCUT2D eigenvalue weighted by molar-refractivity contribution is 0.0393. The summed E-state index contributed by atoms with van der Waals surface area (Å²) in [6.45, 7) is 7.85. The predicted molar refractivity (Wildman–Crippen MR) is 149 cm³/mol. The van der Waals surface area contributed by atoms with Crippen LogP contribution in [0, 0.1) is 6.92 Å². The fourth-order valence-electron chi connectivity index (χ4n) is 4.59. The first-order valence-corrected chi connectivity index (χ1v) is 13.2. The minimum atomic E-state index is -1.40. The Kier molecular flexibility index (Phi) is 8.30. The molecule has 8 heteroatoms. The number of carbonyl (C=O) groups is 1. The highest BCUT2D eigenvalue weighted by atomic mass is 16.5. The summed E-state index contributed by atoms with van der Waals surface area (Å²) in [5.74, 6) is 1.32. The molecule has 0 saturated carbocycles. The second-order valence-corrected chi connectivity index (χ2v) is 10.8. The maximum Gasteiger partial charge on any atom is 0.163 e. The molecule has 2 heterocycles. The highest BCUT2D eigenvalue weighted by Crippen LogP contribution is 2.43. The molecular weight excluding hydrogens is 496 g/mol. The molecule has 3 unspecified atom stereocenters. The predicted octanol–water partition coefficient (Wildman–Crippen LogP) is 4.65. The molecule has 3 atom stereocenters. The second kappa shape index (κ2) is 11.3. The summed E-state index contributed by atoms with van der Waals surface area (Å²) in [6.07, 6.45) is 0.232. The number of aliphatic hydroxyl groups excluding tert-OH is 1. The van der Waals surface area contributed by atoms with E-state index in [1.165, 1.54) is 7.11 Å². The number of pyridine rings is 1. The molecule has 8 nitrogen and oxygen atoms in total. The maximum atomic E-state index is 13.1. The van der Waals surface area contributed by atoms with Crippen LogP contribution in [-0.4, -0.2) is 47.4 Å². The van der Waals surface area contributed by atoms with Crippen LogP contribution in [0.25, 0.3) is 11.3 Å². The third-order valence-electron chi connectivity index (χ3n) is 7.14. The number of aliphatic hydroxyl groups is 2. The van der Waals surface area contributed by atoms with Crippen LogP contribution >= 0.6 is 0 Å². The Labute approximate surface area is 229 Å². The van der Waals surface area contributed by atoms with Crippen LogP contribution in [0.1, 0.15) is 67.2 Å². The molecule has 1 aliphatic heterocycles. The molecule has 0 saturated heterocycles. The van der Waals surface area contributed by atoms with E-state index in [0.717, 1.165) is 16.7 Å². The summed E-state index contributed by atoms with van der Waals surface area (Å²) < 4.78 is 17.0. The van der Waals surface area contributed by atoms with E-state index in [9.17, 15) is 15.0 Å². The molecular formula is C31H38N2O6. The van der Waals surface area contributed by atoms with Crippen LogP contribution in [0.4, 0.5) is 0 Å². The number of ether oxygens (including phenoxy) is 3. The average molecular weight is 535 g/mol. The molecule has 39 heavy (non-hydrogen) atoms. The summed E-state index contributed by atoms with van der Waals surface area (Å²) in [5.41, 5.74) is 8.91. The summed E-state index contributed by atoms with van der Waals surface area (Å²) in [7, 11) is 1.49. The van der Waals surface area contributed by atoms with Gasteiger partial charge in [0.15, 0.2) is 23.0 Å². The van der Waals surface area contributed by atoms with Crippen LogP contribution in [0.3, 0.4) is 0 Å². The minimum absolute atomic E-state index is 0.0824. The van der Waals surface area contributed by atoms with E-state index in [2.05, 4.69) is 0 Å². The van der Waals surface area contributed by atoms with Gasteiger partial charge in [0.05, 0.1) is 25.5 Å². The number of hydrogen-bond acceptors (Lipinski definition) is 8. The van der Waals surface area contributed by atoms with Crippen molar-refractivity contribution in [3.63, 3.8) is 0 Å². The Morgan fingerprint density at radius 1 is 1.21 bits per heavy atom. The molecule has 0 fully saturated rings. The number of carbonyl (C=O) groups excluding carboxylic acids is 1. The van der Waals surface area contributed by atoms with Gasteiger partial charge in [-0.2, -0.15) is 0 Å². The molecule has 0 radical (unpaired) electrons. The first-order valence-electron chi connectivity index (χ1n) is 13.2. The van der Waals surface area contributed by atoms with Crippen molar-refractivity contribution in [2.24, 2.45) is 5.73 Å². The molecule has 208 valence electrons. The molecule has 0 spiro atoms. The molecule has 1 aromatic heterocycles. The van der Waals surface area contributed by atoms with Crippen molar-refractivity contribution < 1.29 is 29.2 Å². The van der Waals surface area contributed by atoms with Gasteiger partial charge in [-0.25, -0.2) is 4.98 Å². The summed E-state index contributed by atoms with van der Waals surface area (Å²) in [5, 5.41) is 21.1. The first kappa shape index (κ1) is 28.5. The monoisotopic (exact) mass is 534 g/mol. The highest BCUT2D eigenvalue weighted by molar-refractivity contribution is 5.96. The van der Waals surface area contributed by atoms with Crippen LogP contribution in [0.2, 0.25) is 0 Å². The Balaban J connectivity index is 1.60. The first-order chi connectivity index (χ1) is 18.4. The number of nitrogens with zero attached hydrogens (tertiary/aromatic N) is 1. The van der Waals surface area contributed by atoms with Gasteiger partial charge in [0, 0.05) is 35.1 Å².